The van der Waals surface area contributed by atoms with Crippen LogP contribution in [-0.4, -0.2) is 19.3 Å². The molecule has 2 nitrogen and oxygen atoms in total. The van der Waals surface area contributed by atoms with Crippen LogP contribution in [0.2, 0.25) is 0 Å². The zero-order chi connectivity index (χ0) is 8.32. The van der Waals surface area contributed by atoms with E-state index < -0.39 is 0 Å². The van der Waals surface area contributed by atoms with Gasteiger partial charge in [0.1, 0.15) is 0 Å². The van der Waals surface area contributed by atoms with Crippen molar-refractivity contribution in [1.29, 1.82) is 0 Å². The molecule has 0 aromatic carbocycles. The van der Waals surface area contributed by atoms with Gasteiger partial charge in [-0.1, -0.05) is 6.42 Å². The van der Waals surface area contributed by atoms with Gasteiger partial charge in [-0.25, -0.2) is 0 Å². The Morgan fingerprint density at radius 2 is 2.36 bits per heavy atom. The zero-order valence-electron chi connectivity index (χ0n) is 7.60. The van der Waals surface area contributed by atoms with Gasteiger partial charge in [0.05, 0.1) is 5.60 Å². The molecule has 2 atom stereocenters. The van der Waals surface area contributed by atoms with Crippen LogP contribution >= 0.6 is 0 Å². The third-order valence-electron chi connectivity index (χ3n) is 2.86. The van der Waals surface area contributed by atoms with E-state index in [1.165, 1.54) is 19.3 Å². The molecule has 2 N–H and O–H groups in total. The van der Waals surface area contributed by atoms with Crippen molar-refractivity contribution in [2.75, 3.05) is 13.7 Å². The van der Waals surface area contributed by atoms with Gasteiger partial charge in [0, 0.05) is 7.11 Å². The molecular formula is C9H19NO. The van der Waals surface area contributed by atoms with Gasteiger partial charge in [-0.2, -0.15) is 0 Å². The summed E-state index contributed by atoms with van der Waals surface area (Å²) in [7, 11) is 1.80. The Hall–Kier alpha value is -0.0800. The Bertz CT molecular complexity index is 127. The minimum Gasteiger partial charge on any atom is -0.379 e. The van der Waals surface area contributed by atoms with Crippen molar-refractivity contribution >= 4 is 0 Å². The SMILES string of the molecule is COC1(C)CCCC(CN)C1. The molecule has 0 aromatic heterocycles. The van der Waals surface area contributed by atoms with Gasteiger partial charge in [0.2, 0.25) is 0 Å². The highest BCUT2D eigenvalue weighted by Gasteiger charge is 2.30. The van der Waals surface area contributed by atoms with Crippen LogP contribution in [0.5, 0.6) is 0 Å². The summed E-state index contributed by atoms with van der Waals surface area (Å²) >= 11 is 0. The van der Waals surface area contributed by atoms with Crippen molar-refractivity contribution in [2.24, 2.45) is 11.7 Å². The van der Waals surface area contributed by atoms with Crippen LogP contribution in [0, 0.1) is 5.92 Å². The number of hydrogen-bond donors (Lipinski definition) is 1. The van der Waals surface area contributed by atoms with Crippen molar-refractivity contribution in [3.8, 4) is 0 Å². The fourth-order valence-electron chi connectivity index (χ4n) is 1.97. The van der Waals surface area contributed by atoms with Crippen LogP contribution in [0.1, 0.15) is 32.6 Å². The molecule has 0 aliphatic heterocycles. The van der Waals surface area contributed by atoms with Gasteiger partial charge in [0.25, 0.3) is 0 Å². The molecule has 0 saturated heterocycles. The van der Waals surface area contributed by atoms with Crippen LogP contribution < -0.4 is 5.73 Å². The summed E-state index contributed by atoms with van der Waals surface area (Å²) in [5.41, 5.74) is 5.74. The van der Waals surface area contributed by atoms with Gasteiger partial charge in [0.15, 0.2) is 0 Å². The molecule has 66 valence electrons. The molecule has 2 unspecified atom stereocenters. The number of rotatable bonds is 2. The first-order valence-electron chi connectivity index (χ1n) is 4.45. The Kier molecular flexibility index (Phi) is 2.90. The maximum atomic E-state index is 5.62. The summed E-state index contributed by atoms with van der Waals surface area (Å²) in [6.07, 6.45) is 4.89. The Balaban J connectivity index is 2.44. The van der Waals surface area contributed by atoms with E-state index in [4.69, 9.17) is 10.5 Å². The van der Waals surface area contributed by atoms with Gasteiger partial charge in [-0.15, -0.1) is 0 Å². The average molecular weight is 157 g/mol. The molecule has 0 aromatic rings. The molecule has 1 aliphatic rings. The number of methoxy groups -OCH3 is 1. The van der Waals surface area contributed by atoms with Crippen molar-refractivity contribution < 1.29 is 4.74 Å². The molecule has 0 spiro atoms. The second kappa shape index (κ2) is 3.55. The highest BCUT2D eigenvalue weighted by atomic mass is 16.5. The third kappa shape index (κ3) is 2.17. The normalized spacial score (nSPS) is 39.0. The molecule has 11 heavy (non-hydrogen) atoms. The van der Waals surface area contributed by atoms with E-state index in [-0.39, 0.29) is 5.60 Å². The maximum Gasteiger partial charge on any atom is 0.0653 e. The molecule has 1 aliphatic carbocycles. The second-order valence-corrected chi connectivity index (χ2v) is 3.85. The molecule has 0 amide bonds. The summed E-state index contributed by atoms with van der Waals surface area (Å²) in [6, 6.07) is 0. The fourth-order valence-corrected chi connectivity index (χ4v) is 1.97. The van der Waals surface area contributed by atoms with E-state index in [1.54, 1.807) is 7.11 Å². The van der Waals surface area contributed by atoms with Crippen molar-refractivity contribution in [1.82, 2.24) is 0 Å². The first kappa shape index (κ1) is 9.01. The monoisotopic (exact) mass is 157 g/mol. The molecule has 0 heterocycles. The van der Waals surface area contributed by atoms with Gasteiger partial charge >= 0.3 is 0 Å². The summed E-state index contributed by atoms with van der Waals surface area (Å²) < 4.78 is 5.46. The second-order valence-electron chi connectivity index (χ2n) is 3.85. The number of nitrogens with two attached hydrogens (primary N) is 1. The highest BCUT2D eigenvalue weighted by Crippen LogP contribution is 2.33. The van der Waals surface area contributed by atoms with E-state index in [2.05, 4.69) is 6.92 Å². The molecular weight excluding hydrogens is 138 g/mol. The zero-order valence-corrected chi connectivity index (χ0v) is 7.60. The lowest BCUT2D eigenvalue weighted by Gasteiger charge is -2.36. The quantitative estimate of drug-likeness (QED) is 0.660. The topological polar surface area (TPSA) is 35.2 Å². The molecule has 0 radical (unpaired) electrons. The smallest absolute Gasteiger partial charge is 0.0653 e. The lowest BCUT2D eigenvalue weighted by atomic mass is 9.79. The average Bonchev–Trinajstić information content (AvgIpc) is 2.05. The predicted octanol–water partition coefficient (Wildman–Crippen LogP) is 1.54. The lowest BCUT2D eigenvalue weighted by Crippen LogP contribution is -2.36. The number of ether oxygens (including phenoxy) is 1. The summed E-state index contributed by atoms with van der Waals surface area (Å²) in [5, 5.41) is 0. The van der Waals surface area contributed by atoms with Crippen LogP contribution in [-0.2, 0) is 4.74 Å². The molecule has 1 fully saturated rings. The van der Waals surface area contributed by atoms with Gasteiger partial charge in [-0.05, 0) is 38.6 Å². The predicted molar refractivity (Wildman–Crippen MR) is 46.4 cm³/mol. The van der Waals surface area contributed by atoms with Crippen LogP contribution in [0.4, 0.5) is 0 Å². The lowest BCUT2D eigenvalue weighted by molar-refractivity contribution is -0.0382. The van der Waals surface area contributed by atoms with Crippen LogP contribution in [0.15, 0.2) is 0 Å². The minimum atomic E-state index is 0.113. The molecule has 1 rings (SSSR count). The molecule has 0 bridgehead atoms. The van der Waals surface area contributed by atoms with Crippen LogP contribution in [0.3, 0.4) is 0 Å². The van der Waals surface area contributed by atoms with Gasteiger partial charge < -0.3 is 10.5 Å². The first-order valence-corrected chi connectivity index (χ1v) is 4.45. The first-order chi connectivity index (χ1) is 5.20. The minimum absolute atomic E-state index is 0.113. The summed E-state index contributed by atoms with van der Waals surface area (Å²) in [6.45, 7) is 3.01. The van der Waals surface area contributed by atoms with E-state index in [0.29, 0.717) is 5.92 Å². The van der Waals surface area contributed by atoms with E-state index >= 15 is 0 Å². The van der Waals surface area contributed by atoms with E-state index in [9.17, 15) is 0 Å². The van der Waals surface area contributed by atoms with Crippen molar-refractivity contribution in [3.05, 3.63) is 0 Å². The summed E-state index contributed by atoms with van der Waals surface area (Å²) in [5.74, 6) is 0.689. The fraction of sp³-hybridized carbons (Fsp3) is 1.00. The van der Waals surface area contributed by atoms with Crippen molar-refractivity contribution in [2.45, 2.75) is 38.2 Å². The largest absolute Gasteiger partial charge is 0.379 e. The van der Waals surface area contributed by atoms with Crippen LogP contribution in [0.25, 0.3) is 0 Å². The Morgan fingerprint density at radius 1 is 1.64 bits per heavy atom. The van der Waals surface area contributed by atoms with E-state index in [1.807, 2.05) is 0 Å². The third-order valence-corrected chi connectivity index (χ3v) is 2.86. The molecule has 1 saturated carbocycles. The Labute approximate surface area is 69.1 Å². The van der Waals surface area contributed by atoms with E-state index in [0.717, 1.165) is 13.0 Å². The highest BCUT2D eigenvalue weighted by molar-refractivity contribution is 4.84. The maximum absolute atomic E-state index is 5.62. The van der Waals surface area contributed by atoms with Gasteiger partial charge in [-0.3, -0.25) is 0 Å². The summed E-state index contributed by atoms with van der Waals surface area (Å²) in [4.78, 5) is 0. The Morgan fingerprint density at radius 3 is 2.91 bits per heavy atom. The molecule has 2 heteroatoms. The standard InChI is InChI=1S/C9H19NO/c1-9(11-2)5-3-4-8(6-9)7-10/h8H,3-7,10H2,1-2H3. The van der Waals surface area contributed by atoms with Crippen molar-refractivity contribution in [3.63, 3.8) is 0 Å². The number of hydrogen-bond acceptors (Lipinski definition) is 2.